The van der Waals surface area contributed by atoms with Crippen LogP contribution in [0.5, 0.6) is 0 Å². The Bertz CT molecular complexity index is 618. The molecular weight excluding hydrogens is 338 g/mol. The third-order valence-corrected chi connectivity index (χ3v) is 6.30. The lowest BCUT2D eigenvalue weighted by Crippen LogP contribution is -2.51. The molecule has 1 aromatic rings. The first-order valence-corrected chi connectivity index (χ1v) is 10.7. The zero-order chi connectivity index (χ0) is 19.4. The average molecular weight is 376 g/mol. The number of amides is 1. The number of nitrogens with zero attached hydrogens (tertiary/aromatic N) is 4. The molecule has 1 N–H and O–H groups in total. The van der Waals surface area contributed by atoms with E-state index in [-0.39, 0.29) is 11.8 Å². The van der Waals surface area contributed by atoms with E-state index in [2.05, 4.69) is 47.1 Å². The number of nitrogens with one attached hydrogen (secondary N) is 1. The van der Waals surface area contributed by atoms with Crippen molar-refractivity contribution < 1.29 is 4.79 Å². The number of aromatic nitrogens is 2. The SMILES string of the molecule is Cc1cc(C)n(CCNC(=O)[C@H]2CCCN(C3CCN(C(C)C)CC3)C2)n1. The highest BCUT2D eigenvalue weighted by atomic mass is 16.1. The Labute approximate surface area is 164 Å². The largest absolute Gasteiger partial charge is 0.354 e. The monoisotopic (exact) mass is 375 g/mol. The molecule has 0 bridgehead atoms. The Morgan fingerprint density at radius 3 is 2.59 bits per heavy atom. The van der Waals surface area contributed by atoms with Gasteiger partial charge in [0.25, 0.3) is 0 Å². The average Bonchev–Trinajstić information content (AvgIpc) is 2.99. The van der Waals surface area contributed by atoms with Gasteiger partial charge in [-0.3, -0.25) is 14.4 Å². The summed E-state index contributed by atoms with van der Waals surface area (Å²) in [6.07, 6.45) is 4.64. The van der Waals surface area contributed by atoms with Crippen molar-refractivity contribution in [3.05, 3.63) is 17.5 Å². The summed E-state index contributed by atoms with van der Waals surface area (Å²) >= 11 is 0. The van der Waals surface area contributed by atoms with Gasteiger partial charge in [0, 0.05) is 30.9 Å². The van der Waals surface area contributed by atoms with Crippen molar-refractivity contribution >= 4 is 5.91 Å². The summed E-state index contributed by atoms with van der Waals surface area (Å²) in [6, 6.07) is 3.38. The fourth-order valence-corrected chi connectivity index (χ4v) is 4.65. The first-order valence-electron chi connectivity index (χ1n) is 10.7. The van der Waals surface area contributed by atoms with Gasteiger partial charge in [0.15, 0.2) is 0 Å². The van der Waals surface area contributed by atoms with Crippen molar-refractivity contribution in [3.63, 3.8) is 0 Å². The zero-order valence-corrected chi connectivity index (χ0v) is 17.6. The fourth-order valence-electron chi connectivity index (χ4n) is 4.65. The molecule has 0 aliphatic carbocycles. The van der Waals surface area contributed by atoms with E-state index in [1.54, 1.807) is 0 Å². The van der Waals surface area contributed by atoms with Gasteiger partial charge in [-0.1, -0.05) is 0 Å². The highest BCUT2D eigenvalue weighted by molar-refractivity contribution is 5.78. The second kappa shape index (κ2) is 9.20. The van der Waals surface area contributed by atoms with Crippen LogP contribution in [-0.2, 0) is 11.3 Å². The van der Waals surface area contributed by atoms with Gasteiger partial charge in [-0.2, -0.15) is 5.10 Å². The maximum Gasteiger partial charge on any atom is 0.224 e. The van der Waals surface area contributed by atoms with Gasteiger partial charge in [-0.25, -0.2) is 0 Å². The summed E-state index contributed by atoms with van der Waals surface area (Å²) in [5.41, 5.74) is 2.18. The van der Waals surface area contributed by atoms with E-state index in [1.165, 1.54) is 25.9 Å². The van der Waals surface area contributed by atoms with Crippen molar-refractivity contribution in [1.82, 2.24) is 24.9 Å². The quantitative estimate of drug-likeness (QED) is 0.828. The second-order valence-corrected chi connectivity index (χ2v) is 8.64. The topological polar surface area (TPSA) is 53.4 Å². The smallest absolute Gasteiger partial charge is 0.224 e. The van der Waals surface area contributed by atoms with Crippen LogP contribution in [0.3, 0.4) is 0 Å². The van der Waals surface area contributed by atoms with Gasteiger partial charge >= 0.3 is 0 Å². The molecule has 2 aliphatic heterocycles. The minimum Gasteiger partial charge on any atom is -0.354 e. The highest BCUT2D eigenvalue weighted by Crippen LogP contribution is 2.24. The summed E-state index contributed by atoms with van der Waals surface area (Å²) < 4.78 is 1.98. The first-order chi connectivity index (χ1) is 12.9. The molecule has 2 aliphatic rings. The predicted molar refractivity (Wildman–Crippen MR) is 109 cm³/mol. The molecule has 1 amide bonds. The minimum absolute atomic E-state index is 0.141. The lowest BCUT2D eigenvalue weighted by Gasteiger charge is -2.43. The Kier molecular flexibility index (Phi) is 6.93. The number of carbonyl (C=O) groups is 1. The summed E-state index contributed by atoms with van der Waals surface area (Å²) in [6.45, 7) is 14.5. The maximum absolute atomic E-state index is 12.7. The van der Waals surface area contributed by atoms with Crippen molar-refractivity contribution in [3.8, 4) is 0 Å². The third-order valence-electron chi connectivity index (χ3n) is 6.30. The van der Waals surface area contributed by atoms with Crippen molar-refractivity contribution in [2.24, 2.45) is 5.92 Å². The van der Waals surface area contributed by atoms with Crippen molar-refractivity contribution in [2.75, 3.05) is 32.7 Å². The molecule has 0 aromatic carbocycles. The van der Waals surface area contributed by atoms with Crippen LogP contribution < -0.4 is 5.32 Å². The van der Waals surface area contributed by atoms with Gasteiger partial charge < -0.3 is 10.2 Å². The number of rotatable bonds is 6. The van der Waals surface area contributed by atoms with Crippen molar-refractivity contribution in [1.29, 1.82) is 0 Å². The fraction of sp³-hybridized carbons (Fsp3) is 0.810. The Hall–Kier alpha value is -1.40. The van der Waals surface area contributed by atoms with Gasteiger partial charge in [0.1, 0.15) is 0 Å². The van der Waals surface area contributed by atoms with E-state index in [0.29, 0.717) is 18.6 Å². The number of piperidine rings is 2. The Morgan fingerprint density at radius 2 is 1.96 bits per heavy atom. The van der Waals surface area contributed by atoms with Gasteiger partial charge in [0.2, 0.25) is 5.91 Å². The molecule has 0 radical (unpaired) electrons. The number of likely N-dealkylation sites (tertiary alicyclic amines) is 2. The number of hydrogen-bond donors (Lipinski definition) is 1. The van der Waals surface area contributed by atoms with Gasteiger partial charge in [-0.15, -0.1) is 0 Å². The normalized spacial score (nSPS) is 23.1. The van der Waals surface area contributed by atoms with Crippen LogP contribution >= 0.6 is 0 Å². The molecule has 27 heavy (non-hydrogen) atoms. The lowest BCUT2D eigenvalue weighted by molar-refractivity contribution is -0.127. The van der Waals surface area contributed by atoms with Crippen LogP contribution in [-0.4, -0.2) is 70.3 Å². The zero-order valence-electron chi connectivity index (χ0n) is 17.6. The molecule has 0 spiro atoms. The van der Waals surface area contributed by atoms with Crippen LogP contribution in [0.15, 0.2) is 6.07 Å². The summed E-state index contributed by atoms with van der Waals surface area (Å²) in [5.74, 6) is 0.364. The van der Waals surface area contributed by atoms with Crippen LogP contribution in [0.25, 0.3) is 0 Å². The minimum atomic E-state index is 0.141. The summed E-state index contributed by atoms with van der Waals surface area (Å²) in [7, 11) is 0. The van der Waals surface area contributed by atoms with Gasteiger partial charge in [0.05, 0.1) is 18.2 Å². The first kappa shape index (κ1) is 20.3. The molecule has 6 nitrogen and oxygen atoms in total. The van der Waals surface area contributed by atoms with E-state index in [0.717, 1.165) is 43.9 Å². The number of carbonyl (C=O) groups excluding carboxylic acids is 1. The molecule has 2 fully saturated rings. The van der Waals surface area contributed by atoms with E-state index in [4.69, 9.17) is 0 Å². The van der Waals surface area contributed by atoms with Crippen molar-refractivity contribution in [2.45, 2.75) is 72.0 Å². The third kappa shape index (κ3) is 5.32. The molecule has 1 atom stereocenters. The Balaban J connectivity index is 1.43. The van der Waals surface area contributed by atoms with Crippen LogP contribution in [0.4, 0.5) is 0 Å². The maximum atomic E-state index is 12.7. The standard InChI is InChI=1S/C21H37N5O/c1-16(2)24-11-7-20(8-12-24)25-10-5-6-19(15-25)21(27)22-9-13-26-18(4)14-17(3)23-26/h14,16,19-20H,5-13,15H2,1-4H3,(H,22,27)/t19-/m0/s1. The molecule has 152 valence electrons. The molecule has 1 aromatic heterocycles. The molecule has 2 saturated heterocycles. The summed E-state index contributed by atoms with van der Waals surface area (Å²) in [4.78, 5) is 17.8. The van der Waals surface area contributed by atoms with Crippen LogP contribution in [0.1, 0.15) is 50.9 Å². The molecule has 0 unspecified atom stereocenters. The number of hydrogen-bond acceptors (Lipinski definition) is 4. The number of aryl methyl sites for hydroxylation is 2. The highest BCUT2D eigenvalue weighted by Gasteiger charge is 2.31. The molecule has 6 heteroatoms. The Morgan fingerprint density at radius 1 is 1.22 bits per heavy atom. The molecular formula is C21H37N5O. The van der Waals surface area contributed by atoms with E-state index in [1.807, 2.05) is 11.6 Å². The lowest BCUT2D eigenvalue weighted by atomic mass is 9.93. The van der Waals surface area contributed by atoms with Crippen LogP contribution in [0, 0.1) is 19.8 Å². The predicted octanol–water partition coefficient (Wildman–Crippen LogP) is 2.20. The second-order valence-electron chi connectivity index (χ2n) is 8.64. The molecule has 0 saturated carbocycles. The summed E-state index contributed by atoms with van der Waals surface area (Å²) in [5, 5.41) is 7.61. The van der Waals surface area contributed by atoms with E-state index >= 15 is 0 Å². The molecule has 3 rings (SSSR count). The molecule has 3 heterocycles. The van der Waals surface area contributed by atoms with E-state index < -0.39 is 0 Å². The van der Waals surface area contributed by atoms with Gasteiger partial charge in [-0.05, 0) is 79.1 Å². The van der Waals surface area contributed by atoms with E-state index in [9.17, 15) is 4.79 Å². The van der Waals surface area contributed by atoms with Crippen LogP contribution in [0.2, 0.25) is 0 Å².